The van der Waals surface area contributed by atoms with Crippen molar-refractivity contribution in [2.24, 2.45) is 0 Å². The van der Waals surface area contributed by atoms with E-state index in [0.29, 0.717) is 10.0 Å². The summed E-state index contributed by atoms with van der Waals surface area (Å²) in [6.07, 6.45) is 0. The standard InChI is InChI=1S/C18H11Cl2NO.C18H10ClNO.2CH3I/c19-12-6-5-9-15(18(12)20)21-13-7-1-3-10-16(13)22-17-11-4-2-8-14(17)21;19-12-6-4-8-14-17(12)11-5-3-10-16-18(11)20(14)13-7-1-2-9-15(13)21-16;2*1-2/h1-11H;1-10H;2*1H3. The third-order valence-corrected chi connectivity index (χ3v) is 8.78. The molecule has 3 heterocycles. The zero-order valence-electron chi connectivity index (χ0n) is 25.2. The molecular formula is C38H27Cl3I2N2O2. The lowest BCUT2D eigenvalue weighted by Crippen LogP contribution is -2.16. The van der Waals surface area contributed by atoms with E-state index in [0.717, 1.165) is 72.6 Å². The molecule has 2 aliphatic rings. The van der Waals surface area contributed by atoms with Gasteiger partial charge in [-0.2, -0.15) is 0 Å². The topological polar surface area (TPSA) is 26.6 Å². The van der Waals surface area contributed by atoms with Gasteiger partial charge in [0, 0.05) is 10.8 Å². The third kappa shape index (κ3) is 6.15. The number of para-hydroxylation sites is 7. The summed E-state index contributed by atoms with van der Waals surface area (Å²) in [5.41, 5.74) is 5.95. The SMILES string of the molecule is CI.CI.Clc1cccc(N2c3ccccc3Oc3ccccc32)c1Cl.Clc1cccc2c1c1cccc3c1n2-c1ccccc1O3. The van der Waals surface area contributed by atoms with Gasteiger partial charge in [-0.15, -0.1) is 0 Å². The van der Waals surface area contributed by atoms with Gasteiger partial charge in [0.1, 0.15) is 0 Å². The molecule has 236 valence electrons. The molecular weight excluding hydrogens is 877 g/mol. The molecule has 4 nitrogen and oxygen atoms in total. The lowest BCUT2D eigenvalue weighted by molar-refractivity contribution is 0.476. The quantitative estimate of drug-likeness (QED) is 0.121. The smallest absolute Gasteiger partial charge is 0.152 e. The molecule has 0 radical (unpaired) electrons. The molecule has 0 aliphatic carbocycles. The van der Waals surface area contributed by atoms with E-state index in [9.17, 15) is 0 Å². The number of benzene rings is 6. The summed E-state index contributed by atoms with van der Waals surface area (Å²) in [6.45, 7) is 0. The number of hydrogen-bond acceptors (Lipinski definition) is 3. The fourth-order valence-corrected chi connectivity index (χ4v) is 6.50. The Morgan fingerprint density at radius 1 is 0.468 bits per heavy atom. The molecule has 0 fully saturated rings. The highest BCUT2D eigenvalue weighted by Crippen LogP contribution is 2.52. The van der Waals surface area contributed by atoms with Crippen molar-refractivity contribution < 1.29 is 9.47 Å². The van der Waals surface area contributed by atoms with Crippen molar-refractivity contribution in [2.45, 2.75) is 0 Å². The highest BCUT2D eigenvalue weighted by atomic mass is 127. The van der Waals surface area contributed by atoms with Gasteiger partial charge < -0.3 is 18.9 Å². The van der Waals surface area contributed by atoms with E-state index in [1.165, 1.54) is 0 Å². The Labute approximate surface area is 316 Å². The van der Waals surface area contributed by atoms with E-state index in [1.54, 1.807) is 6.07 Å². The normalized spacial score (nSPS) is 11.6. The minimum absolute atomic E-state index is 0.524. The van der Waals surface area contributed by atoms with Crippen molar-refractivity contribution >= 4 is 119 Å². The summed E-state index contributed by atoms with van der Waals surface area (Å²) < 4.78 is 14.3. The zero-order valence-corrected chi connectivity index (χ0v) is 31.8. The van der Waals surface area contributed by atoms with Crippen LogP contribution in [0.25, 0.3) is 27.5 Å². The predicted octanol–water partition coefficient (Wildman–Crippen LogP) is 14.2. The first-order chi connectivity index (χ1) is 23.1. The predicted molar refractivity (Wildman–Crippen MR) is 217 cm³/mol. The highest BCUT2D eigenvalue weighted by molar-refractivity contribution is 14.1. The van der Waals surface area contributed by atoms with E-state index in [4.69, 9.17) is 44.3 Å². The number of hydrogen-bond donors (Lipinski definition) is 0. The van der Waals surface area contributed by atoms with Gasteiger partial charge in [0.2, 0.25) is 0 Å². The number of fused-ring (bicyclic) bond motifs is 7. The Morgan fingerprint density at radius 3 is 1.60 bits per heavy atom. The molecule has 9 rings (SSSR count). The number of alkyl halides is 2. The minimum Gasteiger partial charge on any atom is -0.453 e. The van der Waals surface area contributed by atoms with Crippen LogP contribution in [-0.2, 0) is 0 Å². The van der Waals surface area contributed by atoms with E-state index < -0.39 is 0 Å². The average Bonchev–Trinajstić information content (AvgIpc) is 3.48. The van der Waals surface area contributed by atoms with Crippen LogP contribution in [0, 0.1) is 0 Å². The van der Waals surface area contributed by atoms with Crippen LogP contribution in [0.5, 0.6) is 23.0 Å². The largest absolute Gasteiger partial charge is 0.453 e. The number of ether oxygens (including phenoxy) is 2. The first-order valence-electron chi connectivity index (χ1n) is 14.4. The zero-order chi connectivity index (χ0) is 33.1. The van der Waals surface area contributed by atoms with Crippen molar-refractivity contribution in [3.05, 3.63) is 142 Å². The maximum atomic E-state index is 6.45. The second kappa shape index (κ2) is 15.0. The molecule has 0 spiro atoms. The lowest BCUT2D eigenvalue weighted by atomic mass is 10.1. The maximum absolute atomic E-state index is 6.45. The minimum atomic E-state index is 0.524. The number of anilines is 3. The van der Waals surface area contributed by atoms with Gasteiger partial charge in [-0.3, -0.25) is 0 Å². The van der Waals surface area contributed by atoms with Crippen molar-refractivity contribution in [3.63, 3.8) is 0 Å². The van der Waals surface area contributed by atoms with Gasteiger partial charge in [0.05, 0.1) is 48.9 Å². The lowest BCUT2D eigenvalue weighted by Gasteiger charge is -2.33. The summed E-state index contributed by atoms with van der Waals surface area (Å²) >= 11 is 23.4. The number of rotatable bonds is 1. The van der Waals surface area contributed by atoms with Crippen molar-refractivity contribution in [1.82, 2.24) is 4.57 Å². The molecule has 0 atom stereocenters. The molecule has 0 saturated heterocycles. The van der Waals surface area contributed by atoms with Crippen LogP contribution in [0.1, 0.15) is 0 Å². The van der Waals surface area contributed by atoms with Gasteiger partial charge in [-0.1, -0.05) is 141 Å². The van der Waals surface area contributed by atoms with Crippen molar-refractivity contribution in [3.8, 4) is 28.7 Å². The Balaban J connectivity index is 0.000000149. The number of halogens is 5. The van der Waals surface area contributed by atoms with Crippen LogP contribution in [0.3, 0.4) is 0 Å². The summed E-state index contributed by atoms with van der Waals surface area (Å²) in [7, 11) is 0. The van der Waals surface area contributed by atoms with Crippen LogP contribution in [0.4, 0.5) is 17.1 Å². The molecule has 0 unspecified atom stereocenters. The molecule has 0 amide bonds. The molecule has 0 bridgehead atoms. The molecule has 7 aromatic rings. The van der Waals surface area contributed by atoms with Gasteiger partial charge in [-0.25, -0.2) is 0 Å². The second-order valence-electron chi connectivity index (χ2n) is 10.1. The third-order valence-electron chi connectivity index (χ3n) is 7.65. The first-order valence-corrected chi connectivity index (χ1v) is 19.9. The summed E-state index contributed by atoms with van der Waals surface area (Å²) in [4.78, 5) is 6.01. The van der Waals surface area contributed by atoms with Gasteiger partial charge in [0.15, 0.2) is 23.0 Å². The van der Waals surface area contributed by atoms with E-state index in [1.807, 2.05) is 113 Å². The highest BCUT2D eigenvalue weighted by Gasteiger charge is 2.27. The summed E-state index contributed by atoms with van der Waals surface area (Å²) in [5, 5.41) is 4.03. The monoisotopic (exact) mass is 902 g/mol. The number of nitrogens with zero attached hydrogens (tertiary/aromatic N) is 2. The van der Waals surface area contributed by atoms with Gasteiger partial charge in [0.25, 0.3) is 0 Å². The Morgan fingerprint density at radius 2 is 0.936 bits per heavy atom. The van der Waals surface area contributed by atoms with Crippen LogP contribution in [-0.4, -0.2) is 14.4 Å². The van der Waals surface area contributed by atoms with Gasteiger partial charge in [-0.05, 0) is 76.6 Å². The molecule has 47 heavy (non-hydrogen) atoms. The summed E-state index contributed by atoms with van der Waals surface area (Å²) in [6, 6.07) is 41.6. The Hall–Kier alpha value is -3.15. The van der Waals surface area contributed by atoms with Crippen LogP contribution < -0.4 is 14.4 Å². The number of aromatic nitrogens is 1. The summed E-state index contributed by atoms with van der Waals surface area (Å²) in [5.74, 6) is 3.32. The van der Waals surface area contributed by atoms with Crippen LogP contribution in [0.2, 0.25) is 15.1 Å². The molecule has 0 N–H and O–H groups in total. The Kier molecular flexibility index (Phi) is 10.7. The molecule has 2 aliphatic heterocycles. The fraction of sp³-hybridized carbons (Fsp3) is 0.0526. The van der Waals surface area contributed by atoms with Crippen molar-refractivity contribution in [2.75, 3.05) is 14.8 Å². The van der Waals surface area contributed by atoms with E-state index in [2.05, 4.69) is 72.8 Å². The fourth-order valence-electron chi connectivity index (χ4n) is 5.85. The van der Waals surface area contributed by atoms with Crippen LogP contribution in [0.15, 0.2) is 127 Å². The Bertz CT molecular complexity index is 2170. The van der Waals surface area contributed by atoms with E-state index >= 15 is 0 Å². The van der Waals surface area contributed by atoms with E-state index in [-0.39, 0.29) is 0 Å². The molecule has 6 aromatic carbocycles. The van der Waals surface area contributed by atoms with Crippen molar-refractivity contribution in [1.29, 1.82) is 0 Å². The second-order valence-corrected chi connectivity index (χ2v) is 11.3. The molecule has 0 saturated carbocycles. The first kappa shape index (κ1) is 33.7. The maximum Gasteiger partial charge on any atom is 0.152 e. The molecule has 1 aromatic heterocycles. The van der Waals surface area contributed by atoms with Crippen LogP contribution >= 0.6 is 80.0 Å². The molecule has 9 heteroatoms. The van der Waals surface area contributed by atoms with Gasteiger partial charge >= 0.3 is 0 Å². The average molecular weight is 904 g/mol.